The van der Waals surface area contributed by atoms with Crippen molar-refractivity contribution in [1.29, 1.82) is 0 Å². The van der Waals surface area contributed by atoms with Gasteiger partial charge in [-0.1, -0.05) is 6.07 Å². The highest BCUT2D eigenvalue weighted by Gasteiger charge is 2.07. The topological polar surface area (TPSA) is 47.3 Å². The van der Waals surface area contributed by atoms with Gasteiger partial charge in [0.15, 0.2) is 11.6 Å². The number of aromatic nitrogens is 2. The molecule has 0 unspecified atom stereocenters. The molecule has 1 N–H and O–H groups in total. The van der Waals surface area contributed by atoms with Crippen LogP contribution in [0, 0.1) is 12.7 Å². The third kappa shape index (κ3) is 2.68. The highest BCUT2D eigenvalue weighted by molar-refractivity contribution is 5.29. The number of aliphatic hydroxyl groups excluding tert-OH is 1. The Balaban J connectivity index is 2.08. The maximum Gasteiger partial charge on any atom is 0.165 e. The smallest absolute Gasteiger partial charge is 0.165 e. The van der Waals surface area contributed by atoms with Crippen LogP contribution in [0.5, 0.6) is 5.75 Å². The molecule has 96 valence electrons. The van der Waals surface area contributed by atoms with Crippen LogP contribution in [0.1, 0.15) is 17.0 Å². The van der Waals surface area contributed by atoms with Crippen LogP contribution in [-0.2, 0) is 20.3 Å². The molecule has 0 saturated heterocycles. The minimum atomic E-state index is -0.472. The first-order valence-electron chi connectivity index (χ1n) is 5.61. The van der Waals surface area contributed by atoms with Gasteiger partial charge in [-0.05, 0) is 30.7 Å². The maximum atomic E-state index is 13.6. The van der Waals surface area contributed by atoms with Crippen LogP contribution in [0.25, 0.3) is 0 Å². The van der Waals surface area contributed by atoms with Gasteiger partial charge >= 0.3 is 0 Å². The lowest BCUT2D eigenvalue weighted by Crippen LogP contribution is -2.04. The molecule has 0 amide bonds. The second-order valence-electron chi connectivity index (χ2n) is 4.11. The number of aliphatic hydroxyl groups is 1. The summed E-state index contributed by atoms with van der Waals surface area (Å²) < 4.78 is 20.7. The fourth-order valence-electron chi connectivity index (χ4n) is 1.71. The van der Waals surface area contributed by atoms with Crippen LogP contribution < -0.4 is 4.74 Å². The molecule has 0 aliphatic rings. The lowest BCUT2D eigenvalue weighted by molar-refractivity contribution is 0.273. The van der Waals surface area contributed by atoms with E-state index in [1.165, 1.54) is 12.1 Å². The number of hydrogen-bond donors (Lipinski definition) is 1. The molecule has 0 atom stereocenters. The number of ether oxygens (including phenoxy) is 1. The van der Waals surface area contributed by atoms with E-state index >= 15 is 0 Å². The molecule has 0 spiro atoms. The van der Waals surface area contributed by atoms with E-state index in [2.05, 4.69) is 5.10 Å². The van der Waals surface area contributed by atoms with Crippen LogP contribution in [0.4, 0.5) is 4.39 Å². The first-order valence-corrected chi connectivity index (χ1v) is 5.61. The van der Waals surface area contributed by atoms with Crippen LogP contribution in [0.2, 0.25) is 0 Å². The fourth-order valence-corrected chi connectivity index (χ4v) is 1.71. The molecule has 1 aromatic heterocycles. The third-order valence-electron chi connectivity index (χ3n) is 2.65. The van der Waals surface area contributed by atoms with Gasteiger partial charge in [-0.15, -0.1) is 0 Å². The number of benzene rings is 1. The molecule has 1 aromatic carbocycles. The third-order valence-corrected chi connectivity index (χ3v) is 2.65. The molecule has 0 bridgehead atoms. The quantitative estimate of drug-likeness (QED) is 0.902. The van der Waals surface area contributed by atoms with Crippen molar-refractivity contribution in [2.75, 3.05) is 0 Å². The minimum Gasteiger partial charge on any atom is -0.484 e. The molecule has 18 heavy (non-hydrogen) atoms. The van der Waals surface area contributed by atoms with Gasteiger partial charge in [0.05, 0.1) is 18.0 Å². The summed E-state index contributed by atoms with van der Waals surface area (Å²) in [6, 6.07) is 6.31. The molecule has 2 aromatic rings. The van der Waals surface area contributed by atoms with Crippen molar-refractivity contribution >= 4 is 0 Å². The Bertz CT molecular complexity index is 552. The normalized spacial score (nSPS) is 10.7. The lowest BCUT2D eigenvalue weighted by Gasteiger charge is -2.08. The van der Waals surface area contributed by atoms with Crippen LogP contribution in [-0.4, -0.2) is 14.9 Å². The molecule has 0 aliphatic carbocycles. The zero-order chi connectivity index (χ0) is 13.1. The second-order valence-corrected chi connectivity index (χ2v) is 4.11. The highest BCUT2D eigenvalue weighted by atomic mass is 19.1. The zero-order valence-corrected chi connectivity index (χ0v) is 10.4. The lowest BCUT2D eigenvalue weighted by atomic mass is 10.2. The summed E-state index contributed by atoms with van der Waals surface area (Å²) in [5.41, 5.74) is 2.29. The molecule has 1 heterocycles. The first-order chi connectivity index (χ1) is 8.60. The van der Waals surface area contributed by atoms with Gasteiger partial charge in [0, 0.05) is 7.05 Å². The predicted octanol–water partition coefficient (Wildman–Crippen LogP) is 1.94. The van der Waals surface area contributed by atoms with E-state index in [4.69, 9.17) is 9.84 Å². The predicted molar refractivity (Wildman–Crippen MR) is 64.6 cm³/mol. The Labute approximate surface area is 105 Å². The number of halogens is 1. The van der Waals surface area contributed by atoms with E-state index in [0.29, 0.717) is 5.56 Å². The fraction of sp³-hybridized carbons (Fsp3) is 0.308. The molecule has 0 fully saturated rings. The van der Waals surface area contributed by atoms with Gasteiger partial charge in [0.25, 0.3) is 0 Å². The number of aryl methyl sites for hydroxylation is 2. The van der Waals surface area contributed by atoms with E-state index in [-0.39, 0.29) is 19.0 Å². The largest absolute Gasteiger partial charge is 0.484 e. The Kier molecular flexibility index (Phi) is 3.62. The van der Waals surface area contributed by atoms with Crippen LogP contribution in [0.3, 0.4) is 0 Å². The average Bonchev–Trinajstić information content (AvgIpc) is 2.66. The summed E-state index contributed by atoms with van der Waals surface area (Å²) in [5, 5.41) is 13.1. The summed E-state index contributed by atoms with van der Waals surface area (Å²) >= 11 is 0. The zero-order valence-electron chi connectivity index (χ0n) is 10.4. The minimum absolute atomic E-state index is 0.172. The molecule has 2 rings (SSSR count). The van der Waals surface area contributed by atoms with E-state index in [0.717, 1.165) is 11.4 Å². The van der Waals surface area contributed by atoms with Crippen molar-refractivity contribution in [3.63, 3.8) is 0 Å². The highest BCUT2D eigenvalue weighted by Crippen LogP contribution is 2.19. The molecule has 0 radical (unpaired) electrons. The van der Waals surface area contributed by atoms with Crippen LogP contribution in [0.15, 0.2) is 24.3 Å². The SMILES string of the molecule is Cc1cc(COc2ccc(CO)cc2F)n(C)n1. The number of hydrogen-bond acceptors (Lipinski definition) is 3. The standard InChI is InChI=1S/C13H15FN2O2/c1-9-5-11(16(2)15-9)8-18-13-4-3-10(7-17)6-12(13)14/h3-6,17H,7-8H2,1-2H3. The van der Waals surface area contributed by atoms with E-state index in [9.17, 15) is 4.39 Å². The summed E-state index contributed by atoms with van der Waals surface area (Å²) in [7, 11) is 1.82. The molecule has 5 heteroatoms. The van der Waals surface area contributed by atoms with E-state index in [1.807, 2.05) is 20.0 Å². The van der Waals surface area contributed by atoms with E-state index in [1.54, 1.807) is 10.7 Å². The molecular weight excluding hydrogens is 235 g/mol. The van der Waals surface area contributed by atoms with Gasteiger partial charge in [-0.2, -0.15) is 5.10 Å². The molecule has 4 nitrogen and oxygen atoms in total. The Morgan fingerprint density at radius 2 is 2.17 bits per heavy atom. The van der Waals surface area contributed by atoms with Gasteiger partial charge < -0.3 is 9.84 Å². The van der Waals surface area contributed by atoms with Gasteiger partial charge in [-0.25, -0.2) is 4.39 Å². The summed E-state index contributed by atoms with van der Waals surface area (Å²) in [6.45, 7) is 1.96. The van der Waals surface area contributed by atoms with Crippen molar-refractivity contribution in [1.82, 2.24) is 9.78 Å². The van der Waals surface area contributed by atoms with E-state index < -0.39 is 5.82 Å². The number of nitrogens with zero attached hydrogens (tertiary/aromatic N) is 2. The summed E-state index contributed by atoms with van der Waals surface area (Å²) in [5.74, 6) is -0.300. The van der Waals surface area contributed by atoms with Crippen LogP contribution >= 0.6 is 0 Å². The Morgan fingerprint density at radius 1 is 1.39 bits per heavy atom. The molecule has 0 saturated carbocycles. The van der Waals surface area contributed by atoms with Gasteiger partial charge in [0.2, 0.25) is 0 Å². The first kappa shape index (κ1) is 12.6. The average molecular weight is 250 g/mol. The molecular formula is C13H15FN2O2. The van der Waals surface area contributed by atoms with Crippen molar-refractivity contribution in [2.24, 2.45) is 7.05 Å². The summed E-state index contributed by atoms with van der Waals surface area (Å²) in [4.78, 5) is 0. The van der Waals surface area contributed by atoms with Crippen molar-refractivity contribution in [3.8, 4) is 5.75 Å². The van der Waals surface area contributed by atoms with Crippen molar-refractivity contribution in [3.05, 3.63) is 47.0 Å². The van der Waals surface area contributed by atoms with Gasteiger partial charge in [0.1, 0.15) is 6.61 Å². The maximum absolute atomic E-state index is 13.6. The second kappa shape index (κ2) is 5.18. The Hall–Kier alpha value is -1.88. The number of rotatable bonds is 4. The Morgan fingerprint density at radius 3 is 2.72 bits per heavy atom. The summed E-state index contributed by atoms with van der Waals surface area (Å²) in [6.07, 6.45) is 0. The van der Waals surface area contributed by atoms with Crippen molar-refractivity contribution < 1.29 is 14.2 Å². The van der Waals surface area contributed by atoms with Crippen molar-refractivity contribution in [2.45, 2.75) is 20.1 Å². The van der Waals surface area contributed by atoms with Gasteiger partial charge in [-0.3, -0.25) is 4.68 Å². The molecule has 0 aliphatic heterocycles. The monoisotopic (exact) mass is 250 g/mol.